The molecule has 1 unspecified atom stereocenters. The molecule has 5 heteroatoms. The molecule has 0 spiro atoms. The van der Waals surface area contributed by atoms with Crippen LogP contribution in [0.1, 0.15) is 19.1 Å². The van der Waals surface area contributed by atoms with Gasteiger partial charge in [0.05, 0.1) is 18.1 Å². The number of hydrogen-bond donors (Lipinski definition) is 1. The first-order valence-corrected chi connectivity index (χ1v) is 6.79. The summed E-state index contributed by atoms with van der Waals surface area (Å²) in [5, 5.41) is 3.43. The van der Waals surface area contributed by atoms with Crippen molar-refractivity contribution in [2.45, 2.75) is 25.8 Å². The summed E-state index contributed by atoms with van der Waals surface area (Å²) in [4.78, 5) is 8.80. The van der Waals surface area contributed by atoms with Gasteiger partial charge >= 0.3 is 0 Å². The van der Waals surface area contributed by atoms with E-state index in [-0.39, 0.29) is 0 Å². The van der Waals surface area contributed by atoms with Crippen LogP contribution in [0.15, 0.2) is 41.4 Å². The smallest absolute Gasteiger partial charge is 0.154 e. The Bertz CT molecular complexity index is 687. The van der Waals surface area contributed by atoms with Gasteiger partial charge in [0.15, 0.2) is 5.82 Å². The molecule has 1 N–H and O–H groups in total. The lowest BCUT2D eigenvalue weighted by molar-refractivity contribution is 0.495. The molecule has 0 aliphatic carbocycles. The first-order valence-electron chi connectivity index (χ1n) is 6.79. The number of hydrogen-bond acceptors (Lipinski definition) is 4. The quantitative estimate of drug-likeness (QED) is 0.774. The van der Waals surface area contributed by atoms with Crippen molar-refractivity contribution in [2.24, 2.45) is 7.05 Å². The standard InChI is InChI=1S/C15H18N4O/c1-11(5-6-12-4-3-9-20-12)18-15-14-13(7-8-16-15)19(2)10-17-14/h3-4,7-11H,5-6H2,1-2H3,(H,16,18). The van der Waals surface area contributed by atoms with E-state index >= 15 is 0 Å². The lowest BCUT2D eigenvalue weighted by atomic mass is 10.1. The molecule has 3 rings (SSSR count). The maximum absolute atomic E-state index is 5.35. The van der Waals surface area contributed by atoms with Crippen molar-refractivity contribution < 1.29 is 4.42 Å². The predicted octanol–water partition coefficient (Wildman–Crippen LogP) is 2.99. The van der Waals surface area contributed by atoms with Crippen LogP contribution < -0.4 is 5.32 Å². The summed E-state index contributed by atoms with van der Waals surface area (Å²) in [5.74, 6) is 1.86. The van der Waals surface area contributed by atoms with Crippen molar-refractivity contribution in [1.29, 1.82) is 0 Å². The summed E-state index contributed by atoms with van der Waals surface area (Å²) in [7, 11) is 1.99. The molecule has 3 aromatic heterocycles. The summed E-state index contributed by atoms with van der Waals surface area (Å²) in [6.45, 7) is 2.15. The first-order chi connectivity index (χ1) is 9.74. The third-order valence-electron chi connectivity index (χ3n) is 3.43. The average molecular weight is 270 g/mol. The van der Waals surface area contributed by atoms with Crippen LogP contribution in [-0.2, 0) is 13.5 Å². The van der Waals surface area contributed by atoms with E-state index in [1.54, 1.807) is 6.26 Å². The molecular weight excluding hydrogens is 252 g/mol. The van der Waals surface area contributed by atoms with E-state index in [0.29, 0.717) is 6.04 Å². The minimum Gasteiger partial charge on any atom is -0.469 e. The fourth-order valence-electron chi connectivity index (χ4n) is 2.29. The monoisotopic (exact) mass is 270 g/mol. The van der Waals surface area contributed by atoms with Crippen LogP contribution in [0.2, 0.25) is 0 Å². The topological polar surface area (TPSA) is 55.9 Å². The highest BCUT2D eigenvalue weighted by atomic mass is 16.3. The second-order valence-corrected chi connectivity index (χ2v) is 5.05. The molecule has 104 valence electrons. The Kier molecular flexibility index (Phi) is 3.41. The molecule has 0 saturated heterocycles. The molecule has 3 heterocycles. The number of furan rings is 1. The molecule has 0 radical (unpaired) electrons. The first kappa shape index (κ1) is 12.7. The van der Waals surface area contributed by atoms with Crippen molar-refractivity contribution in [3.8, 4) is 0 Å². The minimum absolute atomic E-state index is 0.306. The van der Waals surface area contributed by atoms with Gasteiger partial charge in [-0.05, 0) is 31.5 Å². The molecule has 0 aromatic carbocycles. The average Bonchev–Trinajstić information content (AvgIpc) is 3.08. The summed E-state index contributed by atoms with van der Waals surface area (Å²) >= 11 is 0. The Balaban J connectivity index is 1.69. The van der Waals surface area contributed by atoms with Gasteiger partial charge in [0.2, 0.25) is 0 Å². The molecule has 0 bridgehead atoms. The van der Waals surface area contributed by atoms with E-state index in [2.05, 4.69) is 22.2 Å². The highest BCUT2D eigenvalue weighted by Crippen LogP contribution is 2.20. The third-order valence-corrected chi connectivity index (χ3v) is 3.43. The van der Waals surface area contributed by atoms with Gasteiger partial charge in [0.25, 0.3) is 0 Å². The maximum atomic E-state index is 5.35. The Hall–Kier alpha value is -2.30. The van der Waals surface area contributed by atoms with Gasteiger partial charge in [0.1, 0.15) is 11.3 Å². The highest BCUT2D eigenvalue weighted by molar-refractivity contribution is 5.85. The van der Waals surface area contributed by atoms with Gasteiger partial charge in [-0.25, -0.2) is 9.97 Å². The van der Waals surface area contributed by atoms with Crippen LogP contribution in [0.5, 0.6) is 0 Å². The zero-order valence-electron chi connectivity index (χ0n) is 11.7. The number of nitrogens with zero attached hydrogens (tertiary/aromatic N) is 3. The van der Waals surface area contributed by atoms with E-state index in [9.17, 15) is 0 Å². The van der Waals surface area contributed by atoms with Crippen LogP contribution in [0.25, 0.3) is 11.0 Å². The van der Waals surface area contributed by atoms with E-state index in [1.165, 1.54) is 0 Å². The number of anilines is 1. The van der Waals surface area contributed by atoms with E-state index in [4.69, 9.17) is 4.42 Å². The second kappa shape index (κ2) is 5.36. The zero-order chi connectivity index (χ0) is 13.9. The number of pyridine rings is 1. The SMILES string of the molecule is CC(CCc1ccco1)Nc1nccc2c1ncn2C. The number of rotatable bonds is 5. The van der Waals surface area contributed by atoms with Crippen LogP contribution in [-0.4, -0.2) is 20.6 Å². The largest absolute Gasteiger partial charge is 0.469 e. The van der Waals surface area contributed by atoms with Gasteiger partial charge in [-0.2, -0.15) is 0 Å². The van der Waals surface area contributed by atoms with Crippen LogP contribution >= 0.6 is 0 Å². The van der Waals surface area contributed by atoms with Gasteiger partial charge in [-0.1, -0.05) is 0 Å². The molecule has 0 amide bonds. The van der Waals surface area contributed by atoms with Gasteiger partial charge in [-0.15, -0.1) is 0 Å². The van der Waals surface area contributed by atoms with Crippen molar-refractivity contribution in [3.05, 3.63) is 42.7 Å². The van der Waals surface area contributed by atoms with Crippen molar-refractivity contribution in [3.63, 3.8) is 0 Å². The second-order valence-electron chi connectivity index (χ2n) is 5.05. The predicted molar refractivity (Wildman–Crippen MR) is 78.6 cm³/mol. The third kappa shape index (κ3) is 2.52. The molecule has 0 aliphatic heterocycles. The molecule has 0 aliphatic rings. The minimum atomic E-state index is 0.306. The molecule has 5 nitrogen and oxygen atoms in total. The molecular formula is C15H18N4O. The molecule has 3 aromatic rings. The highest BCUT2D eigenvalue weighted by Gasteiger charge is 2.10. The Morgan fingerprint density at radius 2 is 2.25 bits per heavy atom. The Labute approximate surface area is 117 Å². The normalized spacial score (nSPS) is 12.7. The molecule has 0 fully saturated rings. The van der Waals surface area contributed by atoms with Crippen molar-refractivity contribution >= 4 is 16.9 Å². The summed E-state index contributed by atoms with van der Waals surface area (Å²) in [6, 6.07) is 6.20. The molecule has 20 heavy (non-hydrogen) atoms. The van der Waals surface area contributed by atoms with Gasteiger partial charge < -0.3 is 14.3 Å². The fourth-order valence-corrected chi connectivity index (χ4v) is 2.29. The maximum Gasteiger partial charge on any atom is 0.154 e. The van der Waals surface area contributed by atoms with E-state index in [1.807, 2.05) is 42.3 Å². The lowest BCUT2D eigenvalue weighted by Gasteiger charge is -2.14. The van der Waals surface area contributed by atoms with Crippen molar-refractivity contribution in [1.82, 2.24) is 14.5 Å². The zero-order valence-corrected chi connectivity index (χ0v) is 11.7. The number of imidazole rings is 1. The lowest BCUT2D eigenvalue weighted by Crippen LogP contribution is -2.17. The summed E-state index contributed by atoms with van der Waals surface area (Å²) in [6.07, 6.45) is 7.23. The number of nitrogens with one attached hydrogen (secondary N) is 1. The number of fused-ring (bicyclic) bond motifs is 1. The summed E-state index contributed by atoms with van der Waals surface area (Å²) < 4.78 is 7.34. The fraction of sp³-hybridized carbons (Fsp3) is 0.333. The molecule has 1 atom stereocenters. The number of aryl methyl sites for hydroxylation is 2. The van der Waals surface area contributed by atoms with Crippen LogP contribution in [0.4, 0.5) is 5.82 Å². The van der Waals surface area contributed by atoms with Crippen molar-refractivity contribution in [2.75, 3.05) is 5.32 Å². The van der Waals surface area contributed by atoms with Gasteiger partial charge in [-0.3, -0.25) is 0 Å². The summed E-state index contributed by atoms with van der Waals surface area (Å²) in [5.41, 5.74) is 2.00. The Morgan fingerprint density at radius 1 is 1.35 bits per heavy atom. The Morgan fingerprint density at radius 3 is 3.05 bits per heavy atom. The molecule has 0 saturated carbocycles. The van der Waals surface area contributed by atoms with E-state index in [0.717, 1.165) is 35.5 Å². The van der Waals surface area contributed by atoms with E-state index < -0.39 is 0 Å². The van der Waals surface area contributed by atoms with Gasteiger partial charge in [0, 0.05) is 25.7 Å². The van der Waals surface area contributed by atoms with Crippen LogP contribution in [0.3, 0.4) is 0 Å². The number of aromatic nitrogens is 3. The van der Waals surface area contributed by atoms with Crippen LogP contribution in [0, 0.1) is 0 Å².